The fourth-order valence-corrected chi connectivity index (χ4v) is 3.39. The third-order valence-electron chi connectivity index (χ3n) is 4.13. The van der Waals surface area contributed by atoms with Gasteiger partial charge in [-0.3, -0.25) is 0 Å². The first-order valence-corrected chi connectivity index (χ1v) is 8.19. The highest BCUT2D eigenvalue weighted by Gasteiger charge is 2.24. The van der Waals surface area contributed by atoms with Crippen molar-refractivity contribution in [3.63, 3.8) is 0 Å². The Bertz CT molecular complexity index is 187. The highest BCUT2D eigenvalue weighted by atomic mass is 127. The van der Waals surface area contributed by atoms with Crippen LogP contribution < -0.4 is 0 Å². The molecule has 0 amide bonds. The predicted octanol–water partition coefficient (Wildman–Crippen LogP) is 5.28. The molecule has 0 aromatic carbocycles. The summed E-state index contributed by atoms with van der Waals surface area (Å²) in [4.78, 5) is 0. The highest BCUT2D eigenvalue weighted by Crippen LogP contribution is 2.40. The molecule has 2 radical (unpaired) electrons. The van der Waals surface area contributed by atoms with Crippen molar-refractivity contribution in [2.75, 3.05) is 0 Å². The monoisotopic (exact) mass is 330 g/mol. The van der Waals surface area contributed by atoms with Gasteiger partial charge >= 0.3 is 0 Å². The normalized spacial score (nSPS) is 33.8. The molecule has 0 saturated heterocycles. The summed E-state index contributed by atoms with van der Waals surface area (Å²) in [6.07, 6.45) is 12.8. The molecule has 1 aliphatic rings. The van der Waals surface area contributed by atoms with Gasteiger partial charge in [-0.2, -0.15) is 22.4 Å². The second-order valence-electron chi connectivity index (χ2n) is 5.70. The van der Waals surface area contributed by atoms with E-state index in [1.807, 2.05) is 0 Å². The highest BCUT2D eigenvalue weighted by molar-refractivity contribution is 14.1. The van der Waals surface area contributed by atoms with E-state index >= 15 is 0 Å². The van der Waals surface area contributed by atoms with Gasteiger partial charge < -0.3 is 0 Å². The molecular formula is C13H25B2I. The van der Waals surface area contributed by atoms with Crippen molar-refractivity contribution >= 4 is 34.8 Å². The minimum absolute atomic E-state index is 0.503. The first-order valence-electron chi connectivity index (χ1n) is 6.94. The summed E-state index contributed by atoms with van der Waals surface area (Å²) in [5.74, 6) is 0.886. The third kappa shape index (κ3) is 5.46. The molecule has 1 saturated carbocycles. The average molecular weight is 330 g/mol. The number of halogens is 1. The van der Waals surface area contributed by atoms with E-state index in [2.05, 4.69) is 48.5 Å². The van der Waals surface area contributed by atoms with Crippen LogP contribution in [0.1, 0.15) is 64.7 Å². The lowest BCUT2D eigenvalue weighted by Gasteiger charge is -2.27. The van der Waals surface area contributed by atoms with E-state index in [0.29, 0.717) is 5.31 Å². The molecule has 0 nitrogen and oxygen atoms in total. The zero-order chi connectivity index (χ0) is 11.9. The molecule has 0 bridgehead atoms. The number of hydrogen-bond donors (Lipinski definition) is 0. The summed E-state index contributed by atoms with van der Waals surface area (Å²) in [5, 5.41) is 2.93. The molecule has 3 heteroatoms. The Labute approximate surface area is 117 Å². The predicted molar refractivity (Wildman–Crippen MR) is 85.1 cm³/mol. The van der Waals surface area contributed by atoms with Crippen molar-refractivity contribution in [1.82, 2.24) is 0 Å². The Morgan fingerprint density at radius 1 is 1.00 bits per heavy atom. The van der Waals surface area contributed by atoms with Crippen LogP contribution in [0.25, 0.3) is 0 Å². The molecule has 1 fully saturated rings. The van der Waals surface area contributed by atoms with Gasteiger partial charge in [0.2, 0.25) is 5.14 Å². The van der Waals surface area contributed by atoms with E-state index in [4.69, 9.17) is 0 Å². The summed E-state index contributed by atoms with van der Waals surface area (Å²) in [6.45, 7) is 4.69. The maximum absolute atomic E-state index is 2.47. The molecule has 2 unspecified atom stereocenters. The van der Waals surface area contributed by atoms with Gasteiger partial charge in [0.15, 0.2) is 0 Å². The van der Waals surface area contributed by atoms with Gasteiger partial charge in [0.1, 0.15) is 7.28 Å². The lowest BCUT2D eigenvalue weighted by atomic mass is 9.61. The Kier molecular flexibility index (Phi) is 7.50. The van der Waals surface area contributed by atoms with Crippen molar-refractivity contribution < 1.29 is 0 Å². The summed E-state index contributed by atoms with van der Waals surface area (Å²) in [7, 11) is 2.43. The Morgan fingerprint density at radius 3 is 2.31 bits per heavy atom. The molecule has 16 heavy (non-hydrogen) atoms. The SMILES string of the molecule is C[B]C1CCCCCCC(C)([B]I)CCC1. The maximum Gasteiger partial charge on any atom is 0.206 e. The number of rotatable bonds is 2. The van der Waals surface area contributed by atoms with Crippen LogP contribution in [0.15, 0.2) is 0 Å². The standard InChI is InChI=1S/C13H25B2I/c1-13(15-16)10-6-4-3-5-8-12(14-2)9-7-11-13/h12H,3-11H2,1-2H3. The molecule has 2 atom stereocenters. The fraction of sp³-hybridized carbons (Fsp3) is 1.00. The van der Waals surface area contributed by atoms with Gasteiger partial charge in [-0.1, -0.05) is 77.4 Å². The molecule has 0 spiro atoms. The molecule has 0 N–H and O–H groups in total. The summed E-state index contributed by atoms with van der Waals surface area (Å²) < 4.78 is 0. The molecule has 1 aliphatic carbocycles. The van der Waals surface area contributed by atoms with E-state index in [1.165, 1.54) is 57.8 Å². The van der Waals surface area contributed by atoms with Crippen LogP contribution in [0.4, 0.5) is 0 Å². The minimum Gasteiger partial charge on any atom is -0.158 e. The second-order valence-corrected chi connectivity index (χ2v) is 6.32. The van der Waals surface area contributed by atoms with Crippen LogP contribution in [0.5, 0.6) is 0 Å². The van der Waals surface area contributed by atoms with Crippen molar-refractivity contribution in [3.8, 4) is 0 Å². The summed E-state index contributed by atoms with van der Waals surface area (Å²) in [6, 6.07) is 0. The van der Waals surface area contributed by atoms with Crippen LogP contribution in [0, 0.1) is 0 Å². The zero-order valence-corrected chi connectivity index (χ0v) is 13.1. The Hall–Kier alpha value is 0.860. The quantitative estimate of drug-likeness (QED) is 0.477. The van der Waals surface area contributed by atoms with Crippen LogP contribution in [0.3, 0.4) is 0 Å². The Balaban J connectivity index is 2.45. The maximum atomic E-state index is 2.47. The van der Waals surface area contributed by atoms with Gasteiger partial charge in [-0.15, -0.1) is 0 Å². The number of hydrogen-bond acceptors (Lipinski definition) is 0. The van der Waals surface area contributed by atoms with Crippen LogP contribution in [-0.4, -0.2) is 12.4 Å². The summed E-state index contributed by atoms with van der Waals surface area (Å²) in [5.41, 5.74) is 0. The van der Waals surface area contributed by atoms with Crippen molar-refractivity contribution in [2.24, 2.45) is 0 Å². The smallest absolute Gasteiger partial charge is 0.158 e. The lowest BCUT2D eigenvalue weighted by Crippen LogP contribution is -2.13. The fourth-order valence-electron chi connectivity index (χ4n) is 2.77. The molecule has 0 heterocycles. The molecule has 1 rings (SSSR count). The van der Waals surface area contributed by atoms with E-state index in [0.717, 1.165) is 5.82 Å². The van der Waals surface area contributed by atoms with E-state index in [-0.39, 0.29) is 0 Å². The first-order chi connectivity index (χ1) is 7.70. The topological polar surface area (TPSA) is 0 Å². The van der Waals surface area contributed by atoms with Crippen LogP contribution in [-0.2, 0) is 0 Å². The molecule has 0 aromatic heterocycles. The van der Waals surface area contributed by atoms with Crippen molar-refractivity contribution in [1.29, 1.82) is 0 Å². The van der Waals surface area contributed by atoms with Crippen LogP contribution in [0.2, 0.25) is 18.0 Å². The van der Waals surface area contributed by atoms with Gasteiger partial charge in [-0.25, -0.2) is 0 Å². The third-order valence-corrected chi connectivity index (χ3v) is 5.63. The molecule has 0 aromatic rings. The van der Waals surface area contributed by atoms with Gasteiger partial charge in [-0.05, 0) is 5.31 Å². The minimum atomic E-state index is 0.503. The Morgan fingerprint density at radius 2 is 1.62 bits per heavy atom. The zero-order valence-electron chi connectivity index (χ0n) is 11.0. The summed E-state index contributed by atoms with van der Waals surface area (Å²) >= 11 is 2.47. The van der Waals surface area contributed by atoms with E-state index in [1.54, 1.807) is 0 Å². The average Bonchev–Trinajstić information content (AvgIpc) is 2.34. The van der Waals surface area contributed by atoms with Gasteiger partial charge in [0.25, 0.3) is 0 Å². The molecule has 90 valence electrons. The first kappa shape index (κ1) is 14.9. The molecular weight excluding hydrogens is 305 g/mol. The van der Waals surface area contributed by atoms with Crippen LogP contribution >= 0.6 is 22.4 Å². The van der Waals surface area contributed by atoms with Crippen molar-refractivity contribution in [3.05, 3.63) is 0 Å². The van der Waals surface area contributed by atoms with E-state index < -0.39 is 0 Å². The molecule has 0 aliphatic heterocycles. The van der Waals surface area contributed by atoms with Gasteiger partial charge in [0, 0.05) is 0 Å². The lowest BCUT2D eigenvalue weighted by molar-refractivity contribution is 0.467. The second kappa shape index (κ2) is 8.05. The van der Waals surface area contributed by atoms with Gasteiger partial charge in [0.05, 0.1) is 0 Å². The van der Waals surface area contributed by atoms with E-state index in [9.17, 15) is 0 Å². The largest absolute Gasteiger partial charge is 0.206 e. The van der Waals surface area contributed by atoms with Crippen molar-refractivity contribution in [2.45, 2.75) is 82.7 Å².